The number of carbonyl (C=O) groups excluding carboxylic acids is 1. The van der Waals surface area contributed by atoms with Gasteiger partial charge >= 0.3 is 0 Å². The number of Topliss-reactive ketones (excluding diaryl/α,β-unsaturated/α-hetero) is 1. The predicted octanol–water partition coefficient (Wildman–Crippen LogP) is 2.29. The van der Waals surface area contributed by atoms with Crippen LogP contribution in [0.15, 0.2) is 18.2 Å². The Hall–Kier alpha value is -1.35. The minimum absolute atomic E-state index is 0.0423. The second-order valence-corrected chi connectivity index (χ2v) is 3.91. The molecule has 0 radical (unpaired) electrons. The Morgan fingerprint density at radius 1 is 1.56 bits per heavy atom. The van der Waals surface area contributed by atoms with E-state index in [1.165, 1.54) is 5.56 Å². The van der Waals surface area contributed by atoms with E-state index in [-0.39, 0.29) is 5.78 Å². The molecule has 3 heteroatoms. The Bertz CT molecular complexity index is 398. The van der Waals surface area contributed by atoms with Gasteiger partial charge in [-0.3, -0.25) is 4.79 Å². The van der Waals surface area contributed by atoms with Gasteiger partial charge in [0.1, 0.15) is 11.9 Å². The molecule has 0 bridgehead atoms. The van der Waals surface area contributed by atoms with Crippen molar-refractivity contribution in [3.05, 3.63) is 29.3 Å². The van der Waals surface area contributed by atoms with Gasteiger partial charge in [-0.2, -0.15) is 0 Å². The molecule has 0 aliphatic carbocycles. The van der Waals surface area contributed by atoms with Crippen LogP contribution in [0.5, 0.6) is 5.75 Å². The number of ketones is 1. The first-order chi connectivity index (χ1) is 7.72. The fourth-order valence-corrected chi connectivity index (χ4v) is 1.98. The van der Waals surface area contributed by atoms with E-state index >= 15 is 0 Å². The van der Waals surface area contributed by atoms with Gasteiger partial charge in [-0.15, -0.1) is 0 Å². The van der Waals surface area contributed by atoms with Gasteiger partial charge in [0.25, 0.3) is 0 Å². The van der Waals surface area contributed by atoms with E-state index in [1.54, 1.807) is 6.92 Å². The van der Waals surface area contributed by atoms with Gasteiger partial charge < -0.3 is 9.47 Å². The third-order valence-corrected chi connectivity index (χ3v) is 2.72. The topological polar surface area (TPSA) is 35.5 Å². The van der Waals surface area contributed by atoms with Gasteiger partial charge in [0.15, 0.2) is 5.78 Å². The summed E-state index contributed by atoms with van der Waals surface area (Å²) >= 11 is 0. The van der Waals surface area contributed by atoms with E-state index in [1.807, 2.05) is 25.1 Å². The second-order valence-electron chi connectivity index (χ2n) is 3.91. The summed E-state index contributed by atoms with van der Waals surface area (Å²) in [4.78, 5) is 11.5. The molecule has 0 fully saturated rings. The zero-order valence-corrected chi connectivity index (χ0v) is 9.66. The molecule has 0 aromatic heterocycles. The highest BCUT2D eigenvalue weighted by Gasteiger charge is 2.20. The zero-order chi connectivity index (χ0) is 11.5. The van der Waals surface area contributed by atoms with Crippen molar-refractivity contribution in [2.75, 3.05) is 13.2 Å². The number of rotatable bonds is 4. The van der Waals surface area contributed by atoms with Crippen LogP contribution >= 0.6 is 0 Å². The lowest BCUT2D eigenvalue weighted by Crippen LogP contribution is -2.13. The van der Waals surface area contributed by atoms with E-state index < -0.39 is 6.10 Å². The maximum Gasteiger partial charge on any atom is 0.163 e. The molecule has 1 aromatic carbocycles. The molecule has 0 spiro atoms. The second kappa shape index (κ2) is 4.66. The van der Waals surface area contributed by atoms with Crippen molar-refractivity contribution in [2.24, 2.45) is 0 Å². The van der Waals surface area contributed by atoms with Crippen LogP contribution in [-0.4, -0.2) is 19.0 Å². The summed E-state index contributed by atoms with van der Waals surface area (Å²) in [6.07, 6.45) is 0.482. The van der Waals surface area contributed by atoms with Gasteiger partial charge in [-0.05, 0) is 37.1 Å². The molecule has 1 heterocycles. The summed E-state index contributed by atoms with van der Waals surface area (Å²) in [5, 5.41) is 0. The lowest BCUT2D eigenvalue weighted by atomic mass is 10.0. The molecular formula is C13H16O3. The summed E-state index contributed by atoms with van der Waals surface area (Å²) in [6, 6.07) is 5.85. The summed E-state index contributed by atoms with van der Waals surface area (Å²) in [5.41, 5.74) is 2.10. The first kappa shape index (κ1) is 11.1. The molecule has 1 aliphatic rings. The Balaban J connectivity index is 2.28. The van der Waals surface area contributed by atoms with Gasteiger partial charge in [-0.1, -0.05) is 6.07 Å². The lowest BCUT2D eigenvalue weighted by molar-refractivity contribution is -0.128. The van der Waals surface area contributed by atoms with Crippen LogP contribution < -0.4 is 4.74 Å². The monoisotopic (exact) mass is 220 g/mol. The van der Waals surface area contributed by atoms with E-state index in [4.69, 9.17) is 9.47 Å². The largest absolute Gasteiger partial charge is 0.493 e. The molecule has 86 valence electrons. The van der Waals surface area contributed by atoms with Crippen LogP contribution in [0.2, 0.25) is 0 Å². The highest BCUT2D eigenvalue weighted by atomic mass is 16.5. The number of hydrogen-bond acceptors (Lipinski definition) is 3. The summed E-state index contributed by atoms with van der Waals surface area (Å²) < 4.78 is 10.9. The molecule has 1 unspecified atom stereocenters. The lowest BCUT2D eigenvalue weighted by Gasteiger charge is -2.14. The molecule has 16 heavy (non-hydrogen) atoms. The van der Waals surface area contributed by atoms with E-state index in [0.717, 1.165) is 24.3 Å². The summed E-state index contributed by atoms with van der Waals surface area (Å²) in [6.45, 7) is 4.73. The van der Waals surface area contributed by atoms with Gasteiger partial charge in [0, 0.05) is 13.0 Å². The number of carbonyl (C=O) groups is 1. The molecule has 1 aromatic rings. The fraction of sp³-hybridized carbons (Fsp3) is 0.462. The van der Waals surface area contributed by atoms with Gasteiger partial charge in [0.2, 0.25) is 0 Å². The van der Waals surface area contributed by atoms with Crippen molar-refractivity contribution in [2.45, 2.75) is 26.4 Å². The van der Waals surface area contributed by atoms with Crippen molar-refractivity contribution in [3.8, 4) is 5.75 Å². The summed E-state index contributed by atoms with van der Waals surface area (Å²) in [5.74, 6) is 0.975. The Morgan fingerprint density at radius 2 is 2.38 bits per heavy atom. The quantitative estimate of drug-likeness (QED) is 0.781. The minimum atomic E-state index is -0.434. The number of ether oxygens (including phenoxy) is 2. The third-order valence-electron chi connectivity index (χ3n) is 2.72. The standard InChI is InChI=1S/C13H16O3/c1-3-15-13(9(2)14)11-4-5-12-10(8-11)6-7-16-12/h4-5,8,13H,3,6-7H2,1-2H3. The normalized spacial score (nSPS) is 15.4. The predicted molar refractivity (Wildman–Crippen MR) is 60.7 cm³/mol. The van der Waals surface area contributed by atoms with Crippen molar-refractivity contribution < 1.29 is 14.3 Å². The smallest absolute Gasteiger partial charge is 0.163 e. The van der Waals surface area contributed by atoms with Crippen molar-refractivity contribution in [1.82, 2.24) is 0 Å². The van der Waals surface area contributed by atoms with Gasteiger partial charge in [0.05, 0.1) is 6.61 Å². The van der Waals surface area contributed by atoms with Crippen LogP contribution in [0.4, 0.5) is 0 Å². The van der Waals surface area contributed by atoms with Crippen LogP contribution in [-0.2, 0) is 16.0 Å². The van der Waals surface area contributed by atoms with E-state index in [2.05, 4.69) is 0 Å². The van der Waals surface area contributed by atoms with Crippen LogP contribution in [0, 0.1) is 0 Å². The fourth-order valence-electron chi connectivity index (χ4n) is 1.98. The van der Waals surface area contributed by atoms with Crippen LogP contribution in [0.25, 0.3) is 0 Å². The Kier molecular flexibility index (Phi) is 3.25. The maximum absolute atomic E-state index is 11.5. The first-order valence-corrected chi connectivity index (χ1v) is 5.60. The van der Waals surface area contributed by atoms with E-state index in [0.29, 0.717) is 6.61 Å². The Morgan fingerprint density at radius 3 is 3.06 bits per heavy atom. The number of hydrogen-bond donors (Lipinski definition) is 0. The van der Waals surface area contributed by atoms with Crippen molar-refractivity contribution >= 4 is 5.78 Å². The van der Waals surface area contributed by atoms with Gasteiger partial charge in [-0.25, -0.2) is 0 Å². The third kappa shape index (κ3) is 2.09. The number of fused-ring (bicyclic) bond motifs is 1. The molecule has 0 amide bonds. The molecule has 3 nitrogen and oxygen atoms in total. The average molecular weight is 220 g/mol. The minimum Gasteiger partial charge on any atom is -0.493 e. The molecule has 0 saturated heterocycles. The Labute approximate surface area is 95.4 Å². The highest BCUT2D eigenvalue weighted by molar-refractivity contribution is 5.82. The molecule has 2 rings (SSSR count). The maximum atomic E-state index is 11.5. The average Bonchev–Trinajstić information content (AvgIpc) is 2.72. The molecule has 0 N–H and O–H groups in total. The molecular weight excluding hydrogens is 204 g/mol. The molecule has 1 aliphatic heterocycles. The van der Waals surface area contributed by atoms with Crippen molar-refractivity contribution in [1.29, 1.82) is 0 Å². The molecule has 1 atom stereocenters. The van der Waals surface area contributed by atoms with Crippen LogP contribution in [0.1, 0.15) is 31.1 Å². The zero-order valence-electron chi connectivity index (χ0n) is 9.66. The first-order valence-electron chi connectivity index (χ1n) is 5.60. The summed E-state index contributed by atoms with van der Waals surface area (Å²) in [7, 11) is 0. The van der Waals surface area contributed by atoms with E-state index in [9.17, 15) is 4.79 Å². The highest BCUT2D eigenvalue weighted by Crippen LogP contribution is 2.29. The van der Waals surface area contributed by atoms with Crippen molar-refractivity contribution in [3.63, 3.8) is 0 Å². The van der Waals surface area contributed by atoms with Crippen LogP contribution in [0.3, 0.4) is 0 Å². The SMILES string of the molecule is CCOC(C(C)=O)c1ccc2c(c1)CCO2. The number of benzene rings is 1. The molecule has 0 saturated carbocycles.